The number of hydrogen-bond acceptors (Lipinski definition) is 5. The van der Waals surface area contributed by atoms with Crippen LogP contribution in [0.4, 0.5) is 0 Å². The van der Waals surface area contributed by atoms with E-state index in [0.717, 1.165) is 40.9 Å². The van der Waals surface area contributed by atoms with Crippen molar-refractivity contribution in [3.63, 3.8) is 0 Å². The molecule has 3 saturated heterocycles. The fraction of sp³-hybridized carbons (Fsp3) is 0.391. The van der Waals surface area contributed by atoms with Crippen molar-refractivity contribution in [3.8, 4) is 5.75 Å². The van der Waals surface area contributed by atoms with Gasteiger partial charge in [0.25, 0.3) is 0 Å². The van der Waals surface area contributed by atoms with Crippen molar-refractivity contribution < 1.29 is 14.3 Å². The molecule has 4 heterocycles. The van der Waals surface area contributed by atoms with Crippen molar-refractivity contribution in [2.45, 2.75) is 37.3 Å². The van der Waals surface area contributed by atoms with E-state index in [-0.39, 0.29) is 18.1 Å². The highest BCUT2D eigenvalue weighted by atomic mass is 16.5. The van der Waals surface area contributed by atoms with Crippen molar-refractivity contribution in [1.29, 1.82) is 0 Å². The highest BCUT2D eigenvalue weighted by molar-refractivity contribution is 5.83. The van der Waals surface area contributed by atoms with E-state index in [0.29, 0.717) is 19.5 Å². The minimum absolute atomic E-state index is 0.0580. The summed E-state index contributed by atoms with van der Waals surface area (Å²) >= 11 is 0. The molecule has 0 radical (unpaired) electrons. The molecule has 3 fully saturated rings. The normalized spacial score (nSPS) is 28.3. The van der Waals surface area contributed by atoms with Crippen LogP contribution in [0.3, 0.4) is 0 Å². The Labute approximate surface area is 174 Å². The van der Waals surface area contributed by atoms with Gasteiger partial charge in [0.2, 0.25) is 5.91 Å². The van der Waals surface area contributed by atoms with Crippen LogP contribution in [0, 0.1) is 0 Å². The fourth-order valence-corrected chi connectivity index (χ4v) is 5.43. The van der Waals surface area contributed by atoms with Gasteiger partial charge in [-0.15, -0.1) is 0 Å². The maximum absolute atomic E-state index is 12.9. The largest absolute Gasteiger partial charge is 0.497 e. The number of aromatic amines is 1. The predicted molar refractivity (Wildman–Crippen MR) is 111 cm³/mol. The van der Waals surface area contributed by atoms with Crippen molar-refractivity contribution in [2.24, 2.45) is 0 Å². The second-order valence-corrected chi connectivity index (χ2v) is 8.39. The molecule has 154 valence electrons. The van der Waals surface area contributed by atoms with E-state index < -0.39 is 5.72 Å². The van der Waals surface area contributed by atoms with Crippen molar-refractivity contribution >= 4 is 16.8 Å². The number of carbonyl (C=O) groups is 1. The molecule has 3 aromatic rings. The van der Waals surface area contributed by atoms with Crippen molar-refractivity contribution in [2.75, 3.05) is 20.2 Å². The maximum Gasteiger partial charge on any atom is 0.226 e. The Balaban J connectivity index is 1.29. The van der Waals surface area contributed by atoms with Gasteiger partial charge in [-0.25, -0.2) is 0 Å². The van der Waals surface area contributed by atoms with Crippen LogP contribution in [0.1, 0.15) is 30.2 Å². The molecule has 3 aliphatic rings. The van der Waals surface area contributed by atoms with Crippen LogP contribution in [-0.2, 0) is 16.1 Å². The van der Waals surface area contributed by atoms with Gasteiger partial charge in [0.1, 0.15) is 11.9 Å². The Morgan fingerprint density at radius 1 is 1.27 bits per heavy atom. The highest BCUT2D eigenvalue weighted by Gasteiger charge is 2.63. The Hall–Kier alpha value is -2.90. The topological polar surface area (TPSA) is 70.7 Å². The maximum atomic E-state index is 12.9. The number of nitrogens with one attached hydrogen (secondary N) is 1. The summed E-state index contributed by atoms with van der Waals surface area (Å²) < 4.78 is 12.0. The van der Waals surface area contributed by atoms with Gasteiger partial charge in [-0.2, -0.15) is 5.10 Å². The lowest BCUT2D eigenvalue weighted by Crippen LogP contribution is -2.47. The van der Waals surface area contributed by atoms with Crippen molar-refractivity contribution in [1.82, 2.24) is 20.0 Å². The molecule has 1 amide bonds. The number of carbonyl (C=O) groups excluding carboxylic acids is 1. The summed E-state index contributed by atoms with van der Waals surface area (Å²) in [5.41, 5.74) is 2.60. The first-order chi connectivity index (χ1) is 14.7. The number of hydrogen-bond donors (Lipinski definition) is 1. The standard InChI is InChI=1S/C23H24N4O3/c1-29-16-7-8-18-17(11-16)19(25-24-18)13-26-10-9-23-21(26)12-22(28)27(23)14-20(30-23)15-5-3-2-4-6-15/h2-8,11,20-21H,9-10,12-14H2,1H3,(H,24,25)/t20-,21-,23+/m1/s1. The summed E-state index contributed by atoms with van der Waals surface area (Å²) in [6.07, 6.45) is 1.29. The highest BCUT2D eigenvalue weighted by Crippen LogP contribution is 2.51. The Morgan fingerprint density at radius 3 is 2.97 bits per heavy atom. The summed E-state index contributed by atoms with van der Waals surface area (Å²) in [5.74, 6) is 1.01. The fourth-order valence-electron chi connectivity index (χ4n) is 5.43. The molecule has 7 heteroatoms. The SMILES string of the molecule is COc1ccc2n[nH]c(CN3CC[C@@]45O[C@@H](c6ccccc6)CN4C(=O)C[C@@H]35)c2c1. The molecule has 6 rings (SSSR count). The van der Waals surface area contributed by atoms with Crippen LogP contribution in [0.2, 0.25) is 0 Å². The smallest absolute Gasteiger partial charge is 0.226 e. The average Bonchev–Trinajstić information content (AvgIpc) is 3.50. The number of amides is 1. The predicted octanol–water partition coefficient (Wildman–Crippen LogP) is 2.85. The number of fused-ring (bicyclic) bond motifs is 1. The van der Waals surface area contributed by atoms with Gasteiger partial charge in [-0.3, -0.25) is 14.8 Å². The lowest BCUT2D eigenvalue weighted by atomic mass is 10.1. The van der Waals surface area contributed by atoms with Gasteiger partial charge < -0.3 is 14.4 Å². The van der Waals surface area contributed by atoms with Gasteiger partial charge in [-0.05, 0) is 23.8 Å². The molecule has 1 spiro atoms. The Bertz CT molecular complexity index is 1110. The lowest BCUT2D eigenvalue weighted by molar-refractivity contribution is -0.138. The third-order valence-electron chi connectivity index (χ3n) is 6.91. The second kappa shape index (κ2) is 6.55. The van der Waals surface area contributed by atoms with E-state index in [1.54, 1.807) is 7.11 Å². The first-order valence-corrected chi connectivity index (χ1v) is 10.5. The summed E-state index contributed by atoms with van der Waals surface area (Å²) in [6, 6.07) is 16.2. The molecular weight excluding hydrogens is 380 g/mol. The first-order valence-electron chi connectivity index (χ1n) is 10.5. The van der Waals surface area contributed by atoms with Gasteiger partial charge in [-0.1, -0.05) is 30.3 Å². The third kappa shape index (κ3) is 2.52. The molecule has 0 unspecified atom stereocenters. The molecule has 1 N–H and O–H groups in total. The molecule has 2 aromatic carbocycles. The molecule has 30 heavy (non-hydrogen) atoms. The third-order valence-corrected chi connectivity index (χ3v) is 6.91. The zero-order valence-electron chi connectivity index (χ0n) is 16.9. The number of benzene rings is 2. The van der Waals surface area contributed by atoms with Crippen LogP contribution in [0.25, 0.3) is 10.9 Å². The van der Waals surface area contributed by atoms with Crippen LogP contribution >= 0.6 is 0 Å². The van der Waals surface area contributed by atoms with Crippen LogP contribution in [0.5, 0.6) is 5.75 Å². The van der Waals surface area contributed by atoms with Gasteiger partial charge >= 0.3 is 0 Å². The Morgan fingerprint density at radius 2 is 2.13 bits per heavy atom. The van der Waals surface area contributed by atoms with E-state index in [1.807, 2.05) is 41.3 Å². The van der Waals surface area contributed by atoms with Gasteiger partial charge in [0.15, 0.2) is 5.72 Å². The Kier molecular flexibility index (Phi) is 3.91. The van der Waals surface area contributed by atoms with E-state index >= 15 is 0 Å². The minimum Gasteiger partial charge on any atom is -0.497 e. The molecule has 0 aliphatic carbocycles. The molecular formula is C23H24N4O3. The number of nitrogens with zero attached hydrogens (tertiary/aromatic N) is 3. The molecule has 0 saturated carbocycles. The van der Waals surface area contributed by atoms with Gasteiger partial charge in [0, 0.05) is 31.3 Å². The number of ether oxygens (including phenoxy) is 2. The van der Waals surface area contributed by atoms with E-state index in [2.05, 4.69) is 27.2 Å². The quantitative estimate of drug-likeness (QED) is 0.724. The summed E-state index contributed by atoms with van der Waals surface area (Å²) in [7, 11) is 1.67. The average molecular weight is 404 g/mol. The summed E-state index contributed by atoms with van der Waals surface area (Å²) in [6.45, 7) is 2.23. The molecule has 0 bridgehead atoms. The number of rotatable bonds is 4. The number of methoxy groups -OCH3 is 1. The first kappa shape index (κ1) is 17.9. The second-order valence-electron chi connectivity index (χ2n) is 8.39. The zero-order valence-corrected chi connectivity index (χ0v) is 16.9. The van der Waals surface area contributed by atoms with Crippen LogP contribution < -0.4 is 4.74 Å². The number of H-pyrrole nitrogens is 1. The lowest BCUT2D eigenvalue weighted by Gasteiger charge is -2.32. The molecule has 1 aromatic heterocycles. The molecule has 3 aliphatic heterocycles. The van der Waals surface area contributed by atoms with Crippen LogP contribution in [0.15, 0.2) is 48.5 Å². The number of aromatic nitrogens is 2. The monoisotopic (exact) mass is 404 g/mol. The van der Waals surface area contributed by atoms with Gasteiger partial charge in [0.05, 0.1) is 30.9 Å². The van der Waals surface area contributed by atoms with Crippen LogP contribution in [-0.4, -0.2) is 57.9 Å². The summed E-state index contributed by atoms with van der Waals surface area (Å²) in [5, 5.41) is 8.69. The molecule has 7 nitrogen and oxygen atoms in total. The summed E-state index contributed by atoms with van der Waals surface area (Å²) in [4.78, 5) is 17.2. The zero-order chi connectivity index (χ0) is 20.3. The minimum atomic E-state index is -0.509. The van der Waals surface area contributed by atoms with Crippen molar-refractivity contribution in [3.05, 3.63) is 59.8 Å². The van der Waals surface area contributed by atoms with E-state index in [4.69, 9.17) is 9.47 Å². The number of likely N-dealkylation sites (tertiary alicyclic amines) is 1. The van der Waals surface area contributed by atoms with E-state index in [1.165, 1.54) is 0 Å². The van der Waals surface area contributed by atoms with E-state index in [9.17, 15) is 4.79 Å². The molecule has 3 atom stereocenters.